The molecule has 1 aromatic rings. The summed E-state index contributed by atoms with van der Waals surface area (Å²) in [5.41, 5.74) is 5.18. The van der Waals surface area contributed by atoms with Crippen LogP contribution in [0.4, 0.5) is 0 Å². The normalized spacial score (nSPS) is 20.7. The highest BCUT2D eigenvalue weighted by Gasteiger charge is 2.35. The summed E-state index contributed by atoms with van der Waals surface area (Å²) in [7, 11) is 0. The van der Waals surface area contributed by atoms with E-state index in [1.807, 2.05) is 0 Å². The van der Waals surface area contributed by atoms with Crippen LogP contribution in [0.5, 0.6) is 5.75 Å². The van der Waals surface area contributed by atoms with Gasteiger partial charge in [0, 0.05) is 6.42 Å². The summed E-state index contributed by atoms with van der Waals surface area (Å²) in [6.45, 7) is 1.44. The molecule has 1 heterocycles. The van der Waals surface area contributed by atoms with Crippen LogP contribution in [0.2, 0.25) is 0 Å². The largest absolute Gasteiger partial charge is 0.484 e. The number of esters is 2. The third-order valence-corrected chi connectivity index (χ3v) is 2.83. The highest BCUT2D eigenvalue weighted by atomic mass is 16.6. The molecule has 2 N–H and O–H groups in total. The number of carbonyl (C=O) groups is 3. The fraction of sp³-hybridized carbons (Fsp3) is 0.357. The van der Waals surface area contributed by atoms with Crippen molar-refractivity contribution >= 4 is 17.8 Å². The second-order valence-corrected chi connectivity index (χ2v) is 4.66. The number of nitrogens with two attached hydrogens (primary N) is 1. The molecule has 0 aromatic heterocycles. The Morgan fingerprint density at radius 3 is 2.81 bits per heavy atom. The van der Waals surface area contributed by atoms with Crippen molar-refractivity contribution in [3.05, 3.63) is 29.8 Å². The predicted octanol–water partition coefficient (Wildman–Crippen LogP) is 0.411. The average Bonchev–Trinajstić information content (AvgIpc) is 2.75. The number of rotatable bonds is 5. The van der Waals surface area contributed by atoms with Crippen LogP contribution in [-0.2, 0) is 19.1 Å². The van der Waals surface area contributed by atoms with Gasteiger partial charge < -0.3 is 19.9 Å². The van der Waals surface area contributed by atoms with Crippen LogP contribution in [0.3, 0.4) is 0 Å². The zero-order valence-electron chi connectivity index (χ0n) is 11.4. The average molecular weight is 293 g/mol. The minimum absolute atomic E-state index is 0.212. The van der Waals surface area contributed by atoms with Crippen molar-refractivity contribution in [1.29, 1.82) is 0 Å². The molecule has 0 spiro atoms. The molecule has 1 aromatic carbocycles. The van der Waals surface area contributed by atoms with Crippen molar-refractivity contribution in [2.75, 3.05) is 6.61 Å². The molecule has 2 atom stereocenters. The maximum Gasteiger partial charge on any atom is 0.347 e. The number of primary amides is 1. The van der Waals surface area contributed by atoms with Crippen LogP contribution >= 0.6 is 0 Å². The summed E-state index contributed by atoms with van der Waals surface area (Å²) in [4.78, 5) is 34.0. The lowest BCUT2D eigenvalue weighted by molar-refractivity contribution is -0.147. The topological polar surface area (TPSA) is 105 Å². The van der Waals surface area contributed by atoms with Crippen molar-refractivity contribution in [3.63, 3.8) is 0 Å². The number of hydrogen-bond acceptors (Lipinski definition) is 6. The van der Waals surface area contributed by atoms with E-state index >= 15 is 0 Å². The van der Waals surface area contributed by atoms with E-state index in [9.17, 15) is 14.4 Å². The number of amides is 1. The molecular weight excluding hydrogens is 278 g/mol. The molecule has 1 aliphatic rings. The molecule has 2 rings (SSSR count). The SMILES string of the molecule is CC1CC(OC(=O)c2cccc(OCC(N)=O)c2)C(=O)O1. The van der Waals surface area contributed by atoms with Gasteiger partial charge in [-0.15, -0.1) is 0 Å². The Hall–Kier alpha value is -2.57. The van der Waals surface area contributed by atoms with Gasteiger partial charge >= 0.3 is 11.9 Å². The minimum Gasteiger partial charge on any atom is -0.484 e. The van der Waals surface area contributed by atoms with E-state index in [1.165, 1.54) is 12.1 Å². The Balaban J connectivity index is 2.00. The first-order chi connectivity index (χ1) is 9.95. The molecule has 2 unspecified atom stereocenters. The number of ether oxygens (including phenoxy) is 3. The summed E-state index contributed by atoms with van der Waals surface area (Å²) in [6.07, 6.45) is -0.814. The van der Waals surface area contributed by atoms with E-state index in [1.54, 1.807) is 19.1 Å². The molecular formula is C14H15NO6. The molecule has 1 fully saturated rings. The number of cyclic esters (lactones) is 1. The molecule has 21 heavy (non-hydrogen) atoms. The number of carbonyl (C=O) groups excluding carboxylic acids is 3. The van der Waals surface area contributed by atoms with Gasteiger partial charge in [0.1, 0.15) is 11.9 Å². The van der Waals surface area contributed by atoms with Crippen molar-refractivity contribution in [1.82, 2.24) is 0 Å². The smallest absolute Gasteiger partial charge is 0.347 e. The fourth-order valence-electron chi connectivity index (χ4n) is 1.88. The van der Waals surface area contributed by atoms with E-state index in [4.69, 9.17) is 19.9 Å². The second-order valence-electron chi connectivity index (χ2n) is 4.66. The van der Waals surface area contributed by atoms with Crippen molar-refractivity contribution in [3.8, 4) is 5.75 Å². The highest BCUT2D eigenvalue weighted by molar-refractivity contribution is 5.92. The van der Waals surface area contributed by atoms with Crippen LogP contribution in [0.25, 0.3) is 0 Å². The summed E-state index contributed by atoms with van der Waals surface area (Å²) in [5, 5.41) is 0. The van der Waals surface area contributed by atoms with Crippen LogP contribution in [0.15, 0.2) is 24.3 Å². The lowest BCUT2D eigenvalue weighted by atomic mass is 10.2. The molecule has 7 heteroatoms. The van der Waals surface area contributed by atoms with E-state index < -0.39 is 23.9 Å². The van der Waals surface area contributed by atoms with Crippen molar-refractivity contribution < 1.29 is 28.6 Å². The first kappa shape index (κ1) is 14.8. The predicted molar refractivity (Wildman–Crippen MR) is 70.5 cm³/mol. The van der Waals surface area contributed by atoms with Gasteiger partial charge in [0.15, 0.2) is 6.61 Å². The Bertz CT molecular complexity index is 570. The third kappa shape index (κ3) is 3.95. The molecule has 0 aliphatic carbocycles. The van der Waals surface area contributed by atoms with E-state index in [-0.39, 0.29) is 18.3 Å². The van der Waals surface area contributed by atoms with Gasteiger partial charge in [0.05, 0.1) is 5.56 Å². The molecule has 0 radical (unpaired) electrons. The Morgan fingerprint density at radius 1 is 1.43 bits per heavy atom. The maximum absolute atomic E-state index is 12.0. The van der Waals surface area contributed by atoms with E-state index in [0.717, 1.165) is 0 Å². The van der Waals surface area contributed by atoms with Crippen molar-refractivity contribution in [2.45, 2.75) is 25.6 Å². The third-order valence-electron chi connectivity index (χ3n) is 2.83. The maximum atomic E-state index is 12.0. The fourth-order valence-corrected chi connectivity index (χ4v) is 1.88. The Morgan fingerprint density at radius 2 is 2.19 bits per heavy atom. The summed E-state index contributed by atoms with van der Waals surface area (Å²) < 4.78 is 15.1. The molecule has 112 valence electrons. The van der Waals surface area contributed by atoms with Crippen LogP contribution in [0.1, 0.15) is 23.7 Å². The molecule has 0 saturated carbocycles. The quantitative estimate of drug-likeness (QED) is 0.788. The zero-order valence-corrected chi connectivity index (χ0v) is 11.4. The van der Waals surface area contributed by atoms with Crippen LogP contribution in [-0.4, -0.2) is 36.7 Å². The number of hydrogen-bond donors (Lipinski definition) is 1. The standard InChI is InChI=1S/C14H15NO6/c1-8-5-11(14(18)20-8)21-13(17)9-3-2-4-10(6-9)19-7-12(15)16/h2-4,6,8,11H,5,7H2,1H3,(H2,15,16). The van der Waals surface area contributed by atoms with Gasteiger partial charge in [-0.25, -0.2) is 9.59 Å². The Kier molecular flexibility index (Phi) is 4.42. The molecule has 1 saturated heterocycles. The number of benzene rings is 1. The zero-order chi connectivity index (χ0) is 15.4. The lowest BCUT2D eigenvalue weighted by Crippen LogP contribution is -2.23. The molecule has 1 amide bonds. The van der Waals surface area contributed by atoms with E-state index in [0.29, 0.717) is 12.2 Å². The monoisotopic (exact) mass is 293 g/mol. The van der Waals surface area contributed by atoms with E-state index in [2.05, 4.69) is 0 Å². The molecule has 0 bridgehead atoms. The summed E-state index contributed by atoms with van der Waals surface area (Å²) in [6, 6.07) is 6.08. The van der Waals surface area contributed by atoms with Gasteiger partial charge in [0.25, 0.3) is 5.91 Å². The molecule has 1 aliphatic heterocycles. The highest BCUT2D eigenvalue weighted by Crippen LogP contribution is 2.20. The van der Waals surface area contributed by atoms with Gasteiger partial charge in [-0.3, -0.25) is 4.79 Å². The lowest BCUT2D eigenvalue weighted by Gasteiger charge is -2.09. The minimum atomic E-state index is -0.886. The second kappa shape index (κ2) is 6.25. The first-order valence-electron chi connectivity index (χ1n) is 6.38. The van der Waals surface area contributed by atoms with Crippen LogP contribution < -0.4 is 10.5 Å². The van der Waals surface area contributed by atoms with Gasteiger partial charge in [0.2, 0.25) is 6.10 Å². The van der Waals surface area contributed by atoms with Crippen molar-refractivity contribution in [2.24, 2.45) is 5.73 Å². The molecule has 7 nitrogen and oxygen atoms in total. The first-order valence-corrected chi connectivity index (χ1v) is 6.38. The van der Waals surface area contributed by atoms with Gasteiger partial charge in [-0.05, 0) is 25.1 Å². The Labute approximate surface area is 121 Å². The van der Waals surface area contributed by atoms with Crippen LogP contribution in [0, 0.1) is 0 Å². The summed E-state index contributed by atoms with van der Waals surface area (Å²) >= 11 is 0. The van der Waals surface area contributed by atoms with Gasteiger partial charge in [-0.2, -0.15) is 0 Å². The summed E-state index contributed by atoms with van der Waals surface area (Å²) in [5.74, 6) is -1.51. The van der Waals surface area contributed by atoms with Gasteiger partial charge in [-0.1, -0.05) is 6.07 Å².